The number of carbonyl (C=O) groups is 1. The highest BCUT2D eigenvalue weighted by Crippen LogP contribution is 2.17. The molecule has 1 aromatic heterocycles. The SMILES string of the molecule is C[C@@H](NS(=O)(=O)c1ccc(CCC(=O)NCCSc2ncn[nH]2)cc1)c1ccccc1. The molecule has 0 aliphatic carbocycles. The minimum Gasteiger partial charge on any atom is -0.355 e. The first-order chi connectivity index (χ1) is 14.9. The van der Waals surface area contributed by atoms with Gasteiger partial charge in [-0.2, -0.15) is 5.10 Å². The molecule has 0 fully saturated rings. The van der Waals surface area contributed by atoms with Gasteiger partial charge in [0.1, 0.15) is 6.33 Å². The second kappa shape index (κ2) is 11.1. The minimum absolute atomic E-state index is 0.0479. The Morgan fingerprint density at radius 1 is 1.13 bits per heavy atom. The van der Waals surface area contributed by atoms with Crippen molar-refractivity contribution in [1.29, 1.82) is 0 Å². The van der Waals surface area contributed by atoms with Crippen LogP contribution in [0.2, 0.25) is 0 Å². The third-order valence-electron chi connectivity index (χ3n) is 4.56. The number of hydrogen-bond donors (Lipinski definition) is 3. The number of rotatable bonds is 11. The molecular formula is C21H25N5O3S2. The fraction of sp³-hybridized carbons (Fsp3) is 0.286. The predicted octanol–water partition coefficient (Wildman–Crippen LogP) is 2.69. The van der Waals surface area contributed by atoms with Crippen LogP contribution >= 0.6 is 11.8 Å². The molecule has 164 valence electrons. The van der Waals surface area contributed by atoms with Crippen LogP contribution in [0.15, 0.2) is 71.0 Å². The Labute approximate surface area is 186 Å². The average molecular weight is 460 g/mol. The van der Waals surface area contributed by atoms with Crippen molar-refractivity contribution in [1.82, 2.24) is 25.2 Å². The van der Waals surface area contributed by atoms with Crippen molar-refractivity contribution in [2.45, 2.75) is 35.9 Å². The van der Waals surface area contributed by atoms with Crippen molar-refractivity contribution in [2.24, 2.45) is 0 Å². The molecule has 10 heteroatoms. The number of sulfonamides is 1. The van der Waals surface area contributed by atoms with E-state index in [0.29, 0.717) is 25.1 Å². The van der Waals surface area contributed by atoms with E-state index in [9.17, 15) is 13.2 Å². The summed E-state index contributed by atoms with van der Waals surface area (Å²) in [5.74, 6) is 0.648. The third-order valence-corrected chi connectivity index (χ3v) is 7.00. The lowest BCUT2D eigenvalue weighted by molar-refractivity contribution is -0.120. The molecule has 8 nitrogen and oxygen atoms in total. The summed E-state index contributed by atoms with van der Waals surface area (Å²) >= 11 is 1.48. The molecule has 0 spiro atoms. The number of H-pyrrole nitrogens is 1. The van der Waals surface area contributed by atoms with Gasteiger partial charge in [0.25, 0.3) is 0 Å². The van der Waals surface area contributed by atoms with Gasteiger partial charge in [-0.25, -0.2) is 18.1 Å². The van der Waals surface area contributed by atoms with Crippen LogP contribution in [0.3, 0.4) is 0 Å². The standard InChI is InChI=1S/C21H25N5O3S2/c1-16(18-5-3-2-4-6-18)26-31(28,29)19-10-7-17(8-11-19)9-12-20(27)22-13-14-30-21-23-15-24-25-21/h2-8,10-11,15-16,26H,9,12-14H2,1H3,(H,22,27)(H,23,24,25)/t16-/m1/s1. The summed E-state index contributed by atoms with van der Waals surface area (Å²) in [6, 6.07) is 15.7. The Balaban J connectivity index is 1.44. The Kier molecular flexibility index (Phi) is 8.21. The molecule has 3 rings (SSSR count). The van der Waals surface area contributed by atoms with E-state index in [0.717, 1.165) is 16.3 Å². The van der Waals surface area contributed by atoms with Gasteiger partial charge < -0.3 is 5.32 Å². The van der Waals surface area contributed by atoms with E-state index in [-0.39, 0.29) is 16.8 Å². The van der Waals surface area contributed by atoms with Crippen LogP contribution in [-0.4, -0.2) is 41.8 Å². The minimum atomic E-state index is -3.63. The zero-order chi connectivity index (χ0) is 22.1. The van der Waals surface area contributed by atoms with Crippen LogP contribution in [0, 0.1) is 0 Å². The molecule has 1 heterocycles. The fourth-order valence-electron chi connectivity index (χ4n) is 2.89. The molecule has 3 N–H and O–H groups in total. The number of aromatic amines is 1. The van der Waals surface area contributed by atoms with Gasteiger partial charge >= 0.3 is 0 Å². The molecule has 0 saturated carbocycles. The second-order valence-corrected chi connectivity index (χ2v) is 9.68. The summed E-state index contributed by atoms with van der Waals surface area (Å²) in [6.07, 6.45) is 2.31. The van der Waals surface area contributed by atoms with Gasteiger partial charge in [-0.1, -0.05) is 54.2 Å². The van der Waals surface area contributed by atoms with E-state index in [4.69, 9.17) is 0 Å². The highest BCUT2D eigenvalue weighted by molar-refractivity contribution is 7.99. The molecule has 1 amide bonds. The van der Waals surface area contributed by atoms with E-state index in [2.05, 4.69) is 25.2 Å². The van der Waals surface area contributed by atoms with E-state index >= 15 is 0 Å². The molecule has 31 heavy (non-hydrogen) atoms. The first kappa shape index (κ1) is 23.0. The van der Waals surface area contributed by atoms with Crippen LogP contribution in [0.4, 0.5) is 0 Å². The van der Waals surface area contributed by atoms with Gasteiger partial charge in [-0.05, 0) is 36.6 Å². The molecule has 0 saturated heterocycles. The van der Waals surface area contributed by atoms with Crippen LogP contribution in [0.5, 0.6) is 0 Å². The third kappa shape index (κ3) is 7.20. The van der Waals surface area contributed by atoms with Gasteiger partial charge in [0, 0.05) is 24.8 Å². The van der Waals surface area contributed by atoms with Gasteiger partial charge in [0.15, 0.2) is 5.16 Å². The number of aromatic nitrogens is 3. The number of benzene rings is 2. The highest BCUT2D eigenvalue weighted by Gasteiger charge is 2.18. The van der Waals surface area contributed by atoms with Crippen molar-refractivity contribution >= 4 is 27.7 Å². The Bertz CT molecular complexity index is 1060. The number of aryl methyl sites for hydroxylation is 1. The van der Waals surface area contributed by atoms with E-state index in [1.165, 1.54) is 18.1 Å². The molecule has 0 bridgehead atoms. The van der Waals surface area contributed by atoms with Gasteiger partial charge in [-0.15, -0.1) is 0 Å². The molecule has 0 unspecified atom stereocenters. The molecule has 0 aliphatic heterocycles. The Morgan fingerprint density at radius 3 is 2.55 bits per heavy atom. The summed E-state index contributed by atoms with van der Waals surface area (Å²) in [5, 5.41) is 10.1. The second-order valence-electron chi connectivity index (χ2n) is 6.89. The predicted molar refractivity (Wildman–Crippen MR) is 120 cm³/mol. The largest absolute Gasteiger partial charge is 0.355 e. The molecule has 0 radical (unpaired) electrons. The number of nitrogens with zero attached hydrogens (tertiary/aromatic N) is 2. The summed E-state index contributed by atoms with van der Waals surface area (Å²) in [6.45, 7) is 2.34. The summed E-state index contributed by atoms with van der Waals surface area (Å²) in [7, 11) is -3.63. The topological polar surface area (TPSA) is 117 Å². The van der Waals surface area contributed by atoms with Crippen molar-refractivity contribution in [3.8, 4) is 0 Å². The monoisotopic (exact) mass is 459 g/mol. The highest BCUT2D eigenvalue weighted by atomic mass is 32.2. The number of carbonyl (C=O) groups excluding carboxylic acids is 1. The number of hydrogen-bond acceptors (Lipinski definition) is 6. The first-order valence-electron chi connectivity index (χ1n) is 9.85. The molecule has 1 atom stereocenters. The average Bonchev–Trinajstić information content (AvgIpc) is 3.29. The van der Waals surface area contributed by atoms with Crippen LogP contribution in [0.25, 0.3) is 0 Å². The van der Waals surface area contributed by atoms with Gasteiger partial charge in [-0.3, -0.25) is 9.89 Å². The van der Waals surface area contributed by atoms with E-state index in [1.807, 2.05) is 37.3 Å². The maximum Gasteiger partial charge on any atom is 0.241 e. The summed E-state index contributed by atoms with van der Waals surface area (Å²) in [4.78, 5) is 16.2. The maximum atomic E-state index is 12.6. The van der Waals surface area contributed by atoms with Crippen LogP contribution in [0.1, 0.15) is 30.5 Å². The van der Waals surface area contributed by atoms with Crippen LogP contribution < -0.4 is 10.0 Å². The zero-order valence-electron chi connectivity index (χ0n) is 17.1. The number of amides is 1. The Hall–Kier alpha value is -2.69. The van der Waals surface area contributed by atoms with Crippen molar-refractivity contribution in [3.05, 3.63) is 72.1 Å². The lowest BCUT2D eigenvalue weighted by Gasteiger charge is -2.15. The first-order valence-corrected chi connectivity index (χ1v) is 12.3. The summed E-state index contributed by atoms with van der Waals surface area (Å²) < 4.78 is 28.0. The molecule has 2 aromatic carbocycles. The number of thioether (sulfide) groups is 1. The van der Waals surface area contributed by atoms with Crippen molar-refractivity contribution < 1.29 is 13.2 Å². The molecule has 3 aromatic rings. The zero-order valence-corrected chi connectivity index (χ0v) is 18.7. The van der Waals surface area contributed by atoms with Crippen molar-refractivity contribution in [2.75, 3.05) is 12.3 Å². The lowest BCUT2D eigenvalue weighted by atomic mass is 10.1. The summed E-state index contributed by atoms with van der Waals surface area (Å²) in [5.41, 5.74) is 1.80. The van der Waals surface area contributed by atoms with Crippen molar-refractivity contribution in [3.63, 3.8) is 0 Å². The Morgan fingerprint density at radius 2 is 1.87 bits per heavy atom. The smallest absolute Gasteiger partial charge is 0.241 e. The quantitative estimate of drug-likeness (QED) is 0.300. The van der Waals surface area contributed by atoms with E-state index in [1.54, 1.807) is 24.3 Å². The van der Waals surface area contributed by atoms with Crippen LogP contribution in [-0.2, 0) is 21.2 Å². The molecule has 0 aliphatic rings. The lowest BCUT2D eigenvalue weighted by Crippen LogP contribution is -2.27. The van der Waals surface area contributed by atoms with E-state index < -0.39 is 10.0 Å². The maximum absolute atomic E-state index is 12.6. The molecular weight excluding hydrogens is 434 g/mol. The van der Waals surface area contributed by atoms with Gasteiger partial charge in [0.05, 0.1) is 4.90 Å². The van der Waals surface area contributed by atoms with Gasteiger partial charge in [0.2, 0.25) is 15.9 Å². The normalized spacial score (nSPS) is 12.4. The number of nitrogens with one attached hydrogen (secondary N) is 3. The fourth-order valence-corrected chi connectivity index (χ4v) is 4.76.